The van der Waals surface area contributed by atoms with Crippen molar-refractivity contribution < 1.29 is 0 Å². The maximum atomic E-state index is 4.49. The standard InChI is InChI=1S/C13H17N3S/c1-9-4-6-17-13(9)11-8-15-12(16-11)7-10-3-2-5-14-10/h4,6,8,10,14H,2-3,5,7H2,1H3,(H,15,16). The Bertz CT molecular complexity index is 494. The van der Waals surface area contributed by atoms with Crippen molar-refractivity contribution in [3.05, 3.63) is 29.0 Å². The number of aromatic nitrogens is 2. The summed E-state index contributed by atoms with van der Waals surface area (Å²) < 4.78 is 0. The number of aryl methyl sites for hydroxylation is 1. The van der Waals surface area contributed by atoms with E-state index < -0.39 is 0 Å². The lowest BCUT2D eigenvalue weighted by Gasteiger charge is -2.06. The highest BCUT2D eigenvalue weighted by atomic mass is 32.1. The molecule has 0 spiro atoms. The lowest BCUT2D eigenvalue weighted by molar-refractivity contribution is 0.589. The molecule has 2 aromatic heterocycles. The van der Waals surface area contributed by atoms with Crippen LogP contribution < -0.4 is 5.32 Å². The van der Waals surface area contributed by atoms with Crippen molar-refractivity contribution in [2.75, 3.05) is 6.54 Å². The smallest absolute Gasteiger partial charge is 0.108 e. The number of nitrogens with one attached hydrogen (secondary N) is 2. The van der Waals surface area contributed by atoms with E-state index in [-0.39, 0.29) is 0 Å². The van der Waals surface area contributed by atoms with Crippen LogP contribution in [0.5, 0.6) is 0 Å². The molecule has 1 atom stereocenters. The van der Waals surface area contributed by atoms with E-state index in [4.69, 9.17) is 0 Å². The third kappa shape index (κ3) is 2.28. The highest BCUT2D eigenvalue weighted by molar-refractivity contribution is 7.13. The van der Waals surface area contributed by atoms with Gasteiger partial charge in [-0.1, -0.05) is 0 Å². The molecule has 1 saturated heterocycles. The van der Waals surface area contributed by atoms with Gasteiger partial charge in [-0.05, 0) is 43.3 Å². The van der Waals surface area contributed by atoms with Crippen molar-refractivity contribution in [1.29, 1.82) is 0 Å². The summed E-state index contributed by atoms with van der Waals surface area (Å²) in [5.74, 6) is 1.10. The van der Waals surface area contributed by atoms with Crippen LogP contribution in [0.2, 0.25) is 0 Å². The molecule has 0 amide bonds. The lowest BCUT2D eigenvalue weighted by atomic mass is 10.1. The van der Waals surface area contributed by atoms with Gasteiger partial charge in [0.05, 0.1) is 16.8 Å². The zero-order valence-electron chi connectivity index (χ0n) is 9.99. The molecule has 1 unspecified atom stereocenters. The van der Waals surface area contributed by atoms with Crippen molar-refractivity contribution in [1.82, 2.24) is 15.3 Å². The Labute approximate surface area is 105 Å². The molecule has 1 aliphatic rings. The van der Waals surface area contributed by atoms with Crippen molar-refractivity contribution in [3.63, 3.8) is 0 Å². The Balaban J connectivity index is 1.76. The molecule has 0 aliphatic carbocycles. The summed E-state index contributed by atoms with van der Waals surface area (Å²) in [7, 11) is 0. The zero-order chi connectivity index (χ0) is 11.7. The average Bonchev–Trinajstić information content (AvgIpc) is 3.00. The fraction of sp³-hybridized carbons (Fsp3) is 0.462. The Morgan fingerprint density at radius 2 is 2.47 bits per heavy atom. The van der Waals surface area contributed by atoms with E-state index in [9.17, 15) is 0 Å². The fourth-order valence-electron chi connectivity index (χ4n) is 2.39. The summed E-state index contributed by atoms with van der Waals surface area (Å²) in [6, 6.07) is 2.76. The highest BCUT2D eigenvalue weighted by Gasteiger charge is 2.16. The molecule has 4 heteroatoms. The zero-order valence-corrected chi connectivity index (χ0v) is 10.8. The van der Waals surface area contributed by atoms with E-state index in [2.05, 4.69) is 33.7 Å². The van der Waals surface area contributed by atoms with E-state index in [1.165, 1.54) is 23.3 Å². The van der Waals surface area contributed by atoms with Crippen LogP contribution in [0.4, 0.5) is 0 Å². The molecule has 3 rings (SSSR count). The quantitative estimate of drug-likeness (QED) is 0.875. The van der Waals surface area contributed by atoms with Gasteiger partial charge in [-0.3, -0.25) is 0 Å². The number of nitrogens with zero attached hydrogens (tertiary/aromatic N) is 1. The molecule has 2 N–H and O–H groups in total. The molecule has 1 aliphatic heterocycles. The van der Waals surface area contributed by atoms with Crippen LogP contribution >= 0.6 is 11.3 Å². The van der Waals surface area contributed by atoms with E-state index >= 15 is 0 Å². The highest BCUT2D eigenvalue weighted by Crippen LogP contribution is 2.27. The molecule has 3 heterocycles. The average molecular weight is 247 g/mol. The number of H-pyrrole nitrogens is 1. The summed E-state index contributed by atoms with van der Waals surface area (Å²) in [6.45, 7) is 3.30. The van der Waals surface area contributed by atoms with E-state index in [0.717, 1.165) is 24.5 Å². The number of thiophene rings is 1. The van der Waals surface area contributed by atoms with Gasteiger partial charge < -0.3 is 10.3 Å². The second-order valence-corrected chi connectivity index (χ2v) is 5.59. The molecule has 2 aromatic rings. The largest absolute Gasteiger partial charge is 0.341 e. The first-order valence-corrected chi connectivity index (χ1v) is 7.02. The van der Waals surface area contributed by atoms with Gasteiger partial charge in [0.1, 0.15) is 5.82 Å². The summed E-state index contributed by atoms with van der Waals surface area (Å²) in [5, 5.41) is 5.63. The van der Waals surface area contributed by atoms with Gasteiger partial charge in [-0.15, -0.1) is 11.3 Å². The summed E-state index contributed by atoms with van der Waals surface area (Å²) in [5.41, 5.74) is 2.48. The minimum Gasteiger partial charge on any atom is -0.341 e. The maximum absolute atomic E-state index is 4.49. The number of aromatic amines is 1. The van der Waals surface area contributed by atoms with Crippen molar-refractivity contribution in [2.45, 2.75) is 32.2 Å². The molecular weight excluding hydrogens is 230 g/mol. The second kappa shape index (κ2) is 4.63. The van der Waals surface area contributed by atoms with Gasteiger partial charge in [0.25, 0.3) is 0 Å². The number of hydrogen-bond donors (Lipinski definition) is 2. The van der Waals surface area contributed by atoms with Crippen LogP contribution in [0.15, 0.2) is 17.6 Å². The summed E-state index contributed by atoms with van der Waals surface area (Å²) in [6.07, 6.45) is 5.55. The monoisotopic (exact) mass is 247 g/mol. The van der Waals surface area contributed by atoms with Crippen LogP contribution in [0, 0.1) is 6.92 Å². The topological polar surface area (TPSA) is 40.7 Å². The van der Waals surface area contributed by atoms with Crippen molar-refractivity contribution in [3.8, 4) is 10.6 Å². The maximum Gasteiger partial charge on any atom is 0.108 e. The second-order valence-electron chi connectivity index (χ2n) is 4.67. The molecule has 3 nitrogen and oxygen atoms in total. The molecular formula is C13H17N3S. The molecule has 1 fully saturated rings. The van der Waals surface area contributed by atoms with Gasteiger partial charge in [-0.25, -0.2) is 4.98 Å². The molecule has 17 heavy (non-hydrogen) atoms. The van der Waals surface area contributed by atoms with Gasteiger partial charge in [0.2, 0.25) is 0 Å². The van der Waals surface area contributed by atoms with Crippen LogP contribution in [0.1, 0.15) is 24.2 Å². The Morgan fingerprint density at radius 1 is 1.53 bits per heavy atom. The molecule has 90 valence electrons. The van der Waals surface area contributed by atoms with Gasteiger partial charge in [0.15, 0.2) is 0 Å². The van der Waals surface area contributed by atoms with Crippen LogP contribution in [-0.2, 0) is 6.42 Å². The van der Waals surface area contributed by atoms with Gasteiger partial charge in [-0.2, -0.15) is 0 Å². The predicted molar refractivity (Wildman–Crippen MR) is 71.4 cm³/mol. The van der Waals surface area contributed by atoms with Gasteiger partial charge >= 0.3 is 0 Å². The molecule has 0 bridgehead atoms. The van der Waals surface area contributed by atoms with E-state index in [1.54, 1.807) is 11.3 Å². The molecule has 0 saturated carbocycles. The third-order valence-corrected chi connectivity index (χ3v) is 4.39. The minimum absolute atomic E-state index is 0.610. The Hall–Kier alpha value is -1.13. The first kappa shape index (κ1) is 11.0. The van der Waals surface area contributed by atoms with Crippen LogP contribution in [-0.4, -0.2) is 22.6 Å². The molecule has 0 aromatic carbocycles. The predicted octanol–water partition coefficient (Wildman–Crippen LogP) is 2.74. The number of hydrogen-bond acceptors (Lipinski definition) is 3. The number of rotatable bonds is 3. The third-order valence-electron chi connectivity index (χ3n) is 3.34. The van der Waals surface area contributed by atoms with Crippen LogP contribution in [0.3, 0.4) is 0 Å². The Kier molecular flexibility index (Phi) is 2.99. The number of imidazole rings is 1. The summed E-state index contributed by atoms with van der Waals surface area (Å²) in [4.78, 5) is 9.24. The SMILES string of the molecule is Cc1ccsc1-c1cnc(CC2CCCN2)[nH]1. The van der Waals surface area contributed by atoms with Gasteiger partial charge in [0, 0.05) is 12.5 Å². The summed E-state index contributed by atoms with van der Waals surface area (Å²) >= 11 is 1.77. The lowest BCUT2D eigenvalue weighted by Crippen LogP contribution is -2.24. The van der Waals surface area contributed by atoms with E-state index in [0.29, 0.717) is 6.04 Å². The fourth-order valence-corrected chi connectivity index (χ4v) is 3.29. The first-order valence-electron chi connectivity index (χ1n) is 6.14. The van der Waals surface area contributed by atoms with Crippen LogP contribution in [0.25, 0.3) is 10.6 Å². The Morgan fingerprint density at radius 3 is 3.18 bits per heavy atom. The molecule has 0 radical (unpaired) electrons. The normalized spacial score (nSPS) is 19.9. The first-order chi connectivity index (χ1) is 8.33. The van der Waals surface area contributed by atoms with Crippen molar-refractivity contribution >= 4 is 11.3 Å². The van der Waals surface area contributed by atoms with E-state index in [1.807, 2.05) is 6.20 Å². The minimum atomic E-state index is 0.610. The van der Waals surface area contributed by atoms with Crippen molar-refractivity contribution in [2.24, 2.45) is 0 Å².